The van der Waals surface area contributed by atoms with Crippen molar-refractivity contribution in [2.45, 2.75) is 0 Å². The van der Waals surface area contributed by atoms with Crippen molar-refractivity contribution in [3.63, 3.8) is 0 Å². The Hall–Kier alpha value is -2.16. The molecule has 0 saturated carbocycles. The molecular weight excluding hydrogens is 282 g/mol. The van der Waals surface area contributed by atoms with Crippen LogP contribution in [-0.2, 0) is 0 Å². The first-order chi connectivity index (χ1) is 9.20. The van der Waals surface area contributed by atoms with Crippen molar-refractivity contribution in [1.82, 2.24) is 9.38 Å². The van der Waals surface area contributed by atoms with Gasteiger partial charge in [0.1, 0.15) is 4.34 Å². The Bertz CT molecular complexity index is 858. The number of rotatable bonds is 1. The minimum atomic E-state index is -0.207. The van der Waals surface area contributed by atoms with Crippen LogP contribution in [0.4, 0.5) is 0 Å². The van der Waals surface area contributed by atoms with Crippen LogP contribution in [0.25, 0.3) is 16.1 Å². The highest BCUT2D eigenvalue weighted by atomic mass is 35.5. The van der Waals surface area contributed by atoms with Gasteiger partial charge in [-0.15, -0.1) is 0 Å². The SMILES string of the molecule is N#Cc1ccc(-c2c(Cl)sc3nccn3c2=O)cc1. The minimum Gasteiger partial charge on any atom is -0.268 e. The van der Waals surface area contributed by atoms with Crippen LogP contribution >= 0.6 is 22.9 Å². The Kier molecular flexibility index (Phi) is 2.82. The highest BCUT2D eigenvalue weighted by Gasteiger charge is 2.13. The van der Waals surface area contributed by atoms with Gasteiger partial charge in [-0.3, -0.25) is 9.20 Å². The molecule has 0 aliphatic heterocycles. The van der Waals surface area contributed by atoms with E-state index in [0.717, 1.165) is 0 Å². The van der Waals surface area contributed by atoms with Gasteiger partial charge >= 0.3 is 0 Å². The van der Waals surface area contributed by atoms with E-state index in [1.807, 2.05) is 6.07 Å². The molecule has 6 heteroatoms. The van der Waals surface area contributed by atoms with Crippen LogP contribution in [-0.4, -0.2) is 9.38 Å². The molecule has 0 N–H and O–H groups in total. The summed E-state index contributed by atoms with van der Waals surface area (Å²) in [7, 11) is 0. The molecule has 3 rings (SSSR count). The molecule has 0 aliphatic rings. The van der Waals surface area contributed by atoms with Crippen LogP contribution in [0.5, 0.6) is 0 Å². The van der Waals surface area contributed by atoms with Gasteiger partial charge in [0.2, 0.25) is 0 Å². The van der Waals surface area contributed by atoms with Crippen LogP contribution in [0, 0.1) is 11.3 Å². The van der Waals surface area contributed by atoms with E-state index in [0.29, 0.717) is 26.0 Å². The quantitative estimate of drug-likeness (QED) is 0.691. The first-order valence-corrected chi connectivity index (χ1v) is 6.56. The van der Waals surface area contributed by atoms with Crippen LogP contribution in [0.1, 0.15) is 5.56 Å². The Balaban J connectivity index is 2.29. The number of imidazole rings is 1. The fraction of sp³-hybridized carbons (Fsp3) is 0. The zero-order valence-electron chi connectivity index (χ0n) is 9.50. The molecule has 4 nitrogen and oxygen atoms in total. The molecular formula is C13H6ClN3OS. The predicted molar refractivity (Wildman–Crippen MR) is 74.5 cm³/mol. The van der Waals surface area contributed by atoms with Gasteiger partial charge in [0.15, 0.2) is 4.96 Å². The third-order valence-electron chi connectivity index (χ3n) is 2.72. The van der Waals surface area contributed by atoms with Crippen LogP contribution in [0.3, 0.4) is 0 Å². The van der Waals surface area contributed by atoms with Crippen molar-refractivity contribution in [3.05, 3.63) is 56.9 Å². The monoisotopic (exact) mass is 287 g/mol. The number of nitrogens with zero attached hydrogens (tertiary/aromatic N) is 3. The number of aromatic nitrogens is 2. The minimum absolute atomic E-state index is 0.207. The first kappa shape index (κ1) is 11.9. The van der Waals surface area contributed by atoms with Gasteiger partial charge in [0.05, 0.1) is 17.2 Å². The van der Waals surface area contributed by atoms with Crippen molar-refractivity contribution in [3.8, 4) is 17.2 Å². The average molecular weight is 288 g/mol. The molecule has 92 valence electrons. The number of hydrogen-bond acceptors (Lipinski definition) is 4. The number of fused-ring (bicyclic) bond motifs is 1. The molecule has 1 aromatic carbocycles. The second-order valence-corrected chi connectivity index (χ2v) is 5.40. The second kappa shape index (κ2) is 4.50. The average Bonchev–Trinajstić information content (AvgIpc) is 2.88. The lowest BCUT2D eigenvalue weighted by Crippen LogP contribution is -2.13. The fourth-order valence-corrected chi connectivity index (χ4v) is 3.02. The van der Waals surface area contributed by atoms with E-state index in [4.69, 9.17) is 16.9 Å². The third-order valence-corrected chi connectivity index (χ3v) is 4.01. The molecule has 0 spiro atoms. The summed E-state index contributed by atoms with van der Waals surface area (Å²) < 4.78 is 1.86. The smallest absolute Gasteiger partial charge is 0.267 e. The molecule has 0 unspecified atom stereocenters. The normalized spacial score (nSPS) is 10.5. The van der Waals surface area contributed by atoms with Gasteiger partial charge < -0.3 is 0 Å². The Morgan fingerprint density at radius 3 is 2.74 bits per heavy atom. The van der Waals surface area contributed by atoms with Gasteiger partial charge in [0.25, 0.3) is 5.56 Å². The summed E-state index contributed by atoms with van der Waals surface area (Å²) in [4.78, 5) is 17.0. The number of benzene rings is 1. The zero-order chi connectivity index (χ0) is 13.4. The molecule has 0 saturated heterocycles. The lowest BCUT2D eigenvalue weighted by atomic mass is 10.1. The standard InChI is InChI=1S/C13H6ClN3OS/c14-11-10(9-3-1-8(7-15)2-4-9)12(18)17-6-5-16-13(17)19-11/h1-6H. The number of nitriles is 1. The van der Waals surface area contributed by atoms with Crippen molar-refractivity contribution < 1.29 is 0 Å². The lowest BCUT2D eigenvalue weighted by molar-refractivity contribution is 1.14. The zero-order valence-corrected chi connectivity index (χ0v) is 11.1. The van der Waals surface area contributed by atoms with E-state index in [1.165, 1.54) is 15.7 Å². The summed E-state index contributed by atoms with van der Waals surface area (Å²) in [6.45, 7) is 0. The fourth-order valence-electron chi connectivity index (χ4n) is 1.80. The summed E-state index contributed by atoms with van der Waals surface area (Å²) >= 11 is 7.42. The van der Waals surface area contributed by atoms with Gasteiger partial charge in [-0.25, -0.2) is 4.98 Å². The maximum Gasteiger partial charge on any atom is 0.267 e. The van der Waals surface area contributed by atoms with Crippen molar-refractivity contribution in [2.75, 3.05) is 0 Å². The summed E-state index contributed by atoms with van der Waals surface area (Å²) in [6, 6.07) is 8.80. The summed E-state index contributed by atoms with van der Waals surface area (Å²) in [5, 5.41) is 8.77. The molecule has 2 aromatic heterocycles. The molecule has 0 aliphatic carbocycles. The van der Waals surface area contributed by atoms with Crippen molar-refractivity contribution in [2.24, 2.45) is 0 Å². The maximum absolute atomic E-state index is 12.3. The molecule has 19 heavy (non-hydrogen) atoms. The first-order valence-electron chi connectivity index (χ1n) is 5.37. The molecule has 0 radical (unpaired) electrons. The molecule has 3 aromatic rings. The van der Waals surface area contributed by atoms with E-state index in [2.05, 4.69) is 4.98 Å². The van der Waals surface area contributed by atoms with Crippen LogP contribution < -0.4 is 5.56 Å². The van der Waals surface area contributed by atoms with E-state index >= 15 is 0 Å². The van der Waals surface area contributed by atoms with Crippen LogP contribution in [0.15, 0.2) is 41.5 Å². The van der Waals surface area contributed by atoms with Crippen LogP contribution in [0.2, 0.25) is 4.34 Å². The highest BCUT2D eigenvalue weighted by molar-refractivity contribution is 7.20. The van der Waals surface area contributed by atoms with E-state index < -0.39 is 0 Å². The number of halogens is 1. The van der Waals surface area contributed by atoms with Gasteiger partial charge in [0, 0.05) is 12.4 Å². The molecule has 0 fully saturated rings. The largest absolute Gasteiger partial charge is 0.268 e. The molecule has 0 amide bonds. The Morgan fingerprint density at radius 2 is 2.05 bits per heavy atom. The van der Waals surface area contributed by atoms with E-state index in [9.17, 15) is 4.79 Å². The Morgan fingerprint density at radius 1 is 1.32 bits per heavy atom. The molecule has 0 bridgehead atoms. The topological polar surface area (TPSA) is 58.2 Å². The van der Waals surface area contributed by atoms with Crippen molar-refractivity contribution in [1.29, 1.82) is 5.26 Å². The van der Waals surface area contributed by atoms with E-state index in [1.54, 1.807) is 36.7 Å². The Labute approximate surface area is 117 Å². The summed E-state index contributed by atoms with van der Waals surface area (Å²) in [5.74, 6) is 0. The maximum atomic E-state index is 12.3. The highest BCUT2D eigenvalue weighted by Crippen LogP contribution is 2.29. The molecule has 2 heterocycles. The number of hydrogen-bond donors (Lipinski definition) is 0. The van der Waals surface area contributed by atoms with Gasteiger partial charge in [-0.1, -0.05) is 35.1 Å². The lowest BCUT2D eigenvalue weighted by Gasteiger charge is -2.04. The predicted octanol–water partition coefficient (Wildman–Crippen LogP) is 2.95. The van der Waals surface area contributed by atoms with E-state index in [-0.39, 0.29) is 5.56 Å². The van der Waals surface area contributed by atoms with Crippen molar-refractivity contribution >= 4 is 27.9 Å². The summed E-state index contributed by atoms with van der Waals surface area (Å²) in [5.41, 5.74) is 1.46. The third kappa shape index (κ3) is 1.91. The van der Waals surface area contributed by atoms with Gasteiger partial charge in [-0.05, 0) is 17.7 Å². The second-order valence-electron chi connectivity index (χ2n) is 3.82. The van der Waals surface area contributed by atoms with Gasteiger partial charge in [-0.2, -0.15) is 5.26 Å². The summed E-state index contributed by atoms with van der Waals surface area (Å²) in [6.07, 6.45) is 3.17. The molecule has 0 atom stereocenters.